The lowest BCUT2D eigenvalue weighted by molar-refractivity contribution is 0.405. The molecule has 1 aliphatic heterocycles. The van der Waals surface area contributed by atoms with Crippen molar-refractivity contribution in [1.29, 1.82) is 0 Å². The second kappa shape index (κ2) is 2.53. The third kappa shape index (κ3) is 1.12. The van der Waals surface area contributed by atoms with Gasteiger partial charge in [0, 0.05) is 0 Å². The molecule has 0 radical (unpaired) electrons. The van der Waals surface area contributed by atoms with Crippen molar-refractivity contribution < 1.29 is 0 Å². The van der Waals surface area contributed by atoms with Gasteiger partial charge in [-0.1, -0.05) is 12.8 Å². The second-order valence-electron chi connectivity index (χ2n) is 3.31. The first kappa shape index (κ1) is 6.09. The van der Waals surface area contributed by atoms with Crippen LogP contribution in [0.3, 0.4) is 0 Å². The molecule has 0 nitrogen and oxygen atoms in total. The largest absolute Gasteiger partial charge is 0.162 e. The van der Waals surface area contributed by atoms with Gasteiger partial charge in [0.25, 0.3) is 0 Å². The lowest BCUT2D eigenvalue weighted by atomic mass is 9.95. The molecule has 2 aliphatic rings. The Morgan fingerprint density at radius 3 is 2.78 bits per heavy atom. The van der Waals surface area contributed by atoms with Gasteiger partial charge in [-0.2, -0.15) is 11.8 Å². The highest BCUT2D eigenvalue weighted by molar-refractivity contribution is 7.99. The maximum atomic E-state index is 2.17. The molecule has 0 aromatic rings. The zero-order valence-electron chi connectivity index (χ0n) is 5.81. The van der Waals surface area contributed by atoms with E-state index in [9.17, 15) is 0 Å². The molecule has 0 aromatic heterocycles. The van der Waals surface area contributed by atoms with E-state index in [0.717, 1.165) is 11.8 Å². The van der Waals surface area contributed by atoms with E-state index < -0.39 is 0 Å². The molecular weight excluding hydrogens is 128 g/mol. The minimum Gasteiger partial charge on any atom is -0.162 e. The fraction of sp³-hybridized carbons (Fsp3) is 1.00. The van der Waals surface area contributed by atoms with Crippen LogP contribution in [-0.2, 0) is 0 Å². The number of rotatable bonds is 0. The summed E-state index contributed by atoms with van der Waals surface area (Å²) in [5.41, 5.74) is 0. The van der Waals surface area contributed by atoms with E-state index >= 15 is 0 Å². The van der Waals surface area contributed by atoms with Crippen LogP contribution in [0.2, 0.25) is 0 Å². The molecule has 0 unspecified atom stereocenters. The predicted molar refractivity (Wildman–Crippen MR) is 42.8 cm³/mol. The van der Waals surface area contributed by atoms with E-state index in [2.05, 4.69) is 11.8 Å². The van der Waals surface area contributed by atoms with E-state index in [0.29, 0.717) is 0 Å². The molecule has 1 heteroatoms. The minimum atomic E-state index is 1.13. The Hall–Kier alpha value is 0.350. The summed E-state index contributed by atoms with van der Waals surface area (Å²) < 4.78 is 0. The molecule has 2 rings (SSSR count). The summed E-state index contributed by atoms with van der Waals surface area (Å²) in [4.78, 5) is 0. The van der Waals surface area contributed by atoms with Gasteiger partial charge in [0.05, 0.1) is 0 Å². The third-order valence-electron chi connectivity index (χ3n) is 2.78. The van der Waals surface area contributed by atoms with Crippen LogP contribution in [0, 0.1) is 11.8 Å². The molecule has 1 saturated heterocycles. The number of thioether (sulfide) groups is 1. The Morgan fingerprint density at radius 2 is 1.89 bits per heavy atom. The second-order valence-corrected chi connectivity index (χ2v) is 4.46. The van der Waals surface area contributed by atoms with Gasteiger partial charge in [0.1, 0.15) is 0 Å². The van der Waals surface area contributed by atoms with E-state index in [1.165, 1.54) is 30.8 Å². The molecule has 0 N–H and O–H groups in total. The lowest BCUT2D eigenvalue weighted by Crippen LogP contribution is -2.16. The molecule has 2 fully saturated rings. The van der Waals surface area contributed by atoms with Crippen LogP contribution in [0.5, 0.6) is 0 Å². The van der Waals surface area contributed by atoms with E-state index in [1.54, 1.807) is 6.42 Å². The monoisotopic (exact) mass is 142 g/mol. The predicted octanol–water partition coefficient (Wildman–Crippen LogP) is 2.54. The lowest BCUT2D eigenvalue weighted by Gasteiger charge is -2.23. The van der Waals surface area contributed by atoms with Gasteiger partial charge in [-0.25, -0.2) is 0 Å². The first-order chi connectivity index (χ1) is 4.47. The SMILES string of the molecule is C1C[C@H]2CCSC[C@H]2C1. The zero-order valence-corrected chi connectivity index (χ0v) is 6.62. The molecule has 1 aliphatic carbocycles. The fourth-order valence-corrected chi connectivity index (χ4v) is 3.56. The number of hydrogen-bond acceptors (Lipinski definition) is 1. The molecule has 52 valence electrons. The Labute approximate surface area is 61.4 Å². The molecule has 1 heterocycles. The minimum absolute atomic E-state index is 1.13. The Morgan fingerprint density at radius 1 is 1.00 bits per heavy atom. The van der Waals surface area contributed by atoms with Crippen molar-refractivity contribution in [1.82, 2.24) is 0 Å². The van der Waals surface area contributed by atoms with Crippen LogP contribution in [0.25, 0.3) is 0 Å². The van der Waals surface area contributed by atoms with Crippen LogP contribution in [-0.4, -0.2) is 11.5 Å². The van der Waals surface area contributed by atoms with Crippen molar-refractivity contribution in [2.45, 2.75) is 25.7 Å². The average Bonchev–Trinajstić information content (AvgIpc) is 2.33. The summed E-state index contributed by atoms with van der Waals surface area (Å²) in [6, 6.07) is 0. The quantitative estimate of drug-likeness (QED) is 0.501. The van der Waals surface area contributed by atoms with Gasteiger partial charge in [-0.3, -0.25) is 0 Å². The van der Waals surface area contributed by atoms with Crippen molar-refractivity contribution >= 4 is 11.8 Å². The van der Waals surface area contributed by atoms with Crippen molar-refractivity contribution in [2.24, 2.45) is 11.8 Å². The van der Waals surface area contributed by atoms with E-state index in [4.69, 9.17) is 0 Å². The van der Waals surface area contributed by atoms with Crippen LogP contribution in [0.4, 0.5) is 0 Å². The molecule has 0 bridgehead atoms. The maximum Gasteiger partial charge on any atom is -0.00365 e. The standard InChI is InChI=1S/C8H14S/c1-2-7-4-5-9-6-8(7)3-1/h7-8H,1-6H2/t7-,8+/m0/s1. The highest BCUT2D eigenvalue weighted by Gasteiger charge is 2.29. The van der Waals surface area contributed by atoms with Gasteiger partial charge >= 0.3 is 0 Å². The van der Waals surface area contributed by atoms with E-state index in [-0.39, 0.29) is 0 Å². The summed E-state index contributed by atoms with van der Waals surface area (Å²) >= 11 is 2.17. The molecule has 0 amide bonds. The van der Waals surface area contributed by atoms with Crippen LogP contribution in [0.15, 0.2) is 0 Å². The van der Waals surface area contributed by atoms with Crippen LogP contribution >= 0.6 is 11.8 Å². The molecular formula is C8H14S. The van der Waals surface area contributed by atoms with Gasteiger partial charge in [-0.05, 0) is 36.2 Å². The summed E-state index contributed by atoms with van der Waals surface area (Å²) in [6.07, 6.45) is 6.13. The van der Waals surface area contributed by atoms with Crippen molar-refractivity contribution in [3.8, 4) is 0 Å². The number of hydrogen-bond donors (Lipinski definition) is 0. The van der Waals surface area contributed by atoms with Crippen LogP contribution < -0.4 is 0 Å². The highest BCUT2D eigenvalue weighted by Crippen LogP contribution is 2.40. The van der Waals surface area contributed by atoms with Crippen molar-refractivity contribution in [2.75, 3.05) is 11.5 Å². The summed E-state index contributed by atoms with van der Waals surface area (Å²) in [6.45, 7) is 0. The zero-order chi connectivity index (χ0) is 6.10. The Balaban J connectivity index is 1.97. The van der Waals surface area contributed by atoms with Crippen molar-refractivity contribution in [3.63, 3.8) is 0 Å². The normalized spacial score (nSPS) is 42.7. The number of fused-ring (bicyclic) bond motifs is 1. The van der Waals surface area contributed by atoms with Gasteiger partial charge in [0.2, 0.25) is 0 Å². The Kier molecular flexibility index (Phi) is 1.71. The van der Waals surface area contributed by atoms with E-state index in [1.807, 2.05) is 0 Å². The summed E-state index contributed by atoms with van der Waals surface area (Å²) in [5.74, 6) is 5.20. The molecule has 1 saturated carbocycles. The molecule has 0 spiro atoms. The molecule has 0 aromatic carbocycles. The third-order valence-corrected chi connectivity index (χ3v) is 3.97. The first-order valence-corrected chi connectivity index (χ1v) is 5.20. The van der Waals surface area contributed by atoms with Crippen molar-refractivity contribution in [3.05, 3.63) is 0 Å². The molecule has 9 heavy (non-hydrogen) atoms. The topological polar surface area (TPSA) is 0 Å². The Bertz CT molecular complexity index is 88.7. The maximum absolute atomic E-state index is 2.17. The van der Waals surface area contributed by atoms with Crippen LogP contribution in [0.1, 0.15) is 25.7 Å². The highest BCUT2D eigenvalue weighted by atomic mass is 32.2. The smallest absolute Gasteiger partial charge is 0.00365 e. The fourth-order valence-electron chi connectivity index (χ4n) is 2.18. The van der Waals surface area contributed by atoms with Gasteiger partial charge < -0.3 is 0 Å². The van der Waals surface area contributed by atoms with Gasteiger partial charge in [-0.15, -0.1) is 0 Å². The molecule has 2 atom stereocenters. The summed E-state index contributed by atoms with van der Waals surface area (Å²) in [7, 11) is 0. The van der Waals surface area contributed by atoms with Gasteiger partial charge in [0.15, 0.2) is 0 Å². The average molecular weight is 142 g/mol. The first-order valence-electron chi connectivity index (χ1n) is 4.04. The summed E-state index contributed by atoms with van der Waals surface area (Å²) in [5, 5.41) is 0.